The molecule has 0 spiro atoms. The van der Waals surface area contributed by atoms with Crippen LogP contribution in [0.2, 0.25) is 0 Å². The third-order valence-electron chi connectivity index (χ3n) is 3.41. The van der Waals surface area contributed by atoms with Crippen molar-refractivity contribution in [3.8, 4) is 0 Å². The molecular weight excluding hydrogens is 253 g/mol. The predicted molar refractivity (Wildman–Crippen MR) is 78.4 cm³/mol. The average molecular weight is 273 g/mol. The van der Waals surface area contributed by atoms with E-state index in [1.54, 1.807) is 12.1 Å². The van der Waals surface area contributed by atoms with Gasteiger partial charge in [0.15, 0.2) is 0 Å². The van der Waals surface area contributed by atoms with E-state index in [1.165, 1.54) is 17.7 Å². The van der Waals surface area contributed by atoms with Crippen LogP contribution in [0.5, 0.6) is 0 Å². The van der Waals surface area contributed by atoms with Crippen LogP contribution in [-0.4, -0.2) is 5.11 Å². The smallest absolute Gasteiger partial charge is 0.140 e. The van der Waals surface area contributed by atoms with E-state index in [9.17, 15) is 9.50 Å². The second-order valence-corrected chi connectivity index (χ2v) is 5.43. The lowest BCUT2D eigenvalue weighted by molar-refractivity contribution is 0.0192. The normalized spacial score (nSPS) is 15.6. The molecule has 2 aromatic carbocycles. The first kappa shape index (κ1) is 14.7. The van der Waals surface area contributed by atoms with Gasteiger partial charge in [0, 0.05) is 5.56 Å². The van der Waals surface area contributed by atoms with Crippen LogP contribution in [0.25, 0.3) is 0 Å². The lowest BCUT2D eigenvalue weighted by Crippen LogP contribution is -2.38. The van der Waals surface area contributed by atoms with E-state index in [1.807, 2.05) is 37.3 Å². The van der Waals surface area contributed by atoms with Gasteiger partial charge in [-0.15, -0.1) is 0 Å². The maximum atomic E-state index is 13.2. The molecule has 0 amide bonds. The molecule has 3 N–H and O–H groups in total. The Bertz CT molecular complexity index is 554. The summed E-state index contributed by atoms with van der Waals surface area (Å²) in [5, 5.41) is 10.4. The molecule has 0 heterocycles. The summed E-state index contributed by atoms with van der Waals surface area (Å²) in [6, 6.07) is 15.9. The highest BCUT2D eigenvalue weighted by Crippen LogP contribution is 2.25. The Morgan fingerprint density at radius 3 is 2.50 bits per heavy atom. The molecule has 0 fully saturated rings. The topological polar surface area (TPSA) is 46.2 Å². The van der Waals surface area contributed by atoms with Gasteiger partial charge in [-0.2, -0.15) is 0 Å². The van der Waals surface area contributed by atoms with Gasteiger partial charge in [0.05, 0.1) is 0 Å². The van der Waals surface area contributed by atoms with Crippen LogP contribution < -0.4 is 5.73 Å². The van der Waals surface area contributed by atoms with Crippen LogP contribution in [0.3, 0.4) is 0 Å². The molecular formula is C17H20FNO. The van der Waals surface area contributed by atoms with Gasteiger partial charge in [-0.25, -0.2) is 4.39 Å². The molecule has 0 aliphatic rings. The fraction of sp³-hybridized carbons (Fsp3) is 0.294. The maximum Gasteiger partial charge on any atom is 0.140 e. The molecule has 0 aromatic heterocycles. The average Bonchev–Trinajstić information content (AvgIpc) is 2.39. The van der Waals surface area contributed by atoms with Crippen molar-refractivity contribution in [2.45, 2.75) is 25.5 Å². The van der Waals surface area contributed by atoms with Gasteiger partial charge in [-0.3, -0.25) is 5.73 Å². The van der Waals surface area contributed by atoms with E-state index in [4.69, 9.17) is 5.73 Å². The van der Waals surface area contributed by atoms with E-state index in [2.05, 4.69) is 0 Å². The van der Waals surface area contributed by atoms with Gasteiger partial charge in [-0.05, 0) is 36.5 Å². The van der Waals surface area contributed by atoms with Gasteiger partial charge < -0.3 is 5.11 Å². The molecule has 0 radical (unpaired) electrons. The highest BCUT2D eigenvalue weighted by atomic mass is 19.1. The first-order chi connectivity index (χ1) is 9.47. The van der Waals surface area contributed by atoms with E-state index in [0.717, 1.165) is 6.42 Å². The minimum Gasteiger partial charge on any atom is -0.372 e. The van der Waals surface area contributed by atoms with Crippen LogP contribution >= 0.6 is 0 Å². The molecule has 0 bridgehead atoms. The third kappa shape index (κ3) is 3.89. The van der Waals surface area contributed by atoms with Crippen LogP contribution in [0, 0.1) is 11.7 Å². The number of hydrogen-bond acceptors (Lipinski definition) is 2. The zero-order valence-electron chi connectivity index (χ0n) is 11.6. The Balaban J connectivity index is 2.04. The molecule has 0 aliphatic carbocycles. The van der Waals surface area contributed by atoms with E-state index < -0.39 is 5.72 Å². The van der Waals surface area contributed by atoms with Crippen molar-refractivity contribution in [1.82, 2.24) is 0 Å². The summed E-state index contributed by atoms with van der Waals surface area (Å²) in [4.78, 5) is 0. The molecule has 1 unspecified atom stereocenters. The van der Waals surface area contributed by atoms with Crippen molar-refractivity contribution in [2.24, 2.45) is 11.7 Å². The van der Waals surface area contributed by atoms with Gasteiger partial charge in [0.2, 0.25) is 0 Å². The quantitative estimate of drug-likeness (QED) is 0.822. The third-order valence-corrected chi connectivity index (χ3v) is 3.41. The Labute approximate surface area is 119 Å². The fourth-order valence-electron chi connectivity index (χ4n) is 2.50. The molecule has 3 heteroatoms. The first-order valence-corrected chi connectivity index (χ1v) is 6.78. The Kier molecular flexibility index (Phi) is 4.53. The number of hydrogen-bond donors (Lipinski definition) is 2. The number of nitrogens with two attached hydrogens (primary N) is 1. The van der Waals surface area contributed by atoms with Gasteiger partial charge in [-0.1, -0.05) is 49.4 Å². The summed E-state index contributed by atoms with van der Waals surface area (Å²) in [5.74, 6) is -0.197. The summed E-state index contributed by atoms with van der Waals surface area (Å²) < 4.78 is 13.2. The Morgan fingerprint density at radius 2 is 1.85 bits per heavy atom. The fourth-order valence-corrected chi connectivity index (χ4v) is 2.50. The van der Waals surface area contributed by atoms with Crippen molar-refractivity contribution < 1.29 is 9.50 Å². The summed E-state index contributed by atoms with van der Waals surface area (Å²) in [6.45, 7) is 2.03. The Morgan fingerprint density at radius 1 is 1.15 bits per heavy atom. The van der Waals surface area contributed by atoms with Crippen molar-refractivity contribution in [1.29, 1.82) is 0 Å². The molecule has 2 nitrogen and oxygen atoms in total. The van der Waals surface area contributed by atoms with Crippen LogP contribution in [0.1, 0.15) is 24.5 Å². The van der Waals surface area contributed by atoms with Crippen molar-refractivity contribution in [3.05, 3.63) is 71.5 Å². The lowest BCUT2D eigenvalue weighted by atomic mass is 9.89. The van der Waals surface area contributed by atoms with Crippen molar-refractivity contribution in [2.75, 3.05) is 0 Å². The molecule has 2 atom stereocenters. The Hall–Kier alpha value is -1.71. The van der Waals surface area contributed by atoms with Gasteiger partial charge >= 0.3 is 0 Å². The number of benzene rings is 2. The van der Waals surface area contributed by atoms with E-state index in [-0.39, 0.29) is 11.7 Å². The minimum atomic E-state index is -1.50. The molecule has 0 aliphatic heterocycles. The first-order valence-electron chi connectivity index (χ1n) is 6.78. The highest BCUT2D eigenvalue weighted by Gasteiger charge is 2.26. The zero-order valence-corrected chi connectivity index (χ0v) is 11.6. The zero-order chi connectivity index (χ0) is 14.6. The second kappa shape index (κ2) is 6.16. The molecule has 0 saturated carbocycles. The monoisotopic (exact) mass is 273 g/mol. The lowest BCUT2D eigenvalue weighted by Gasteiger charge is -2.27. The highest BCUT2D eigenvalue weighted by molar-refractivity contribution is 5.22. The SMILES string of the molecule is CC(Cc1ccccc1)C[C@@](N)(O)c1cccc(F)c1. The molecule has 0 saturated heterocycles. The van der Waals surface area contributed by atoms with Crippen molar-refractivity contribution >= 4 is 0 Å². The number of halogens is 1. The second-order valence-electron chi connectivity index (χ2n) is 5.43. The molecule has 2 rings (SSSR count). The minimum absolute atomic E-state index is 0.190. The summed E-state index contributed by atoms with van der Waals surface area (Å²) >= 11 is 0. The maximum absolute atomic E-state index is 13.2. The van der Waals surface area contributed by atoms with Crippen LogP contribution in [0.15, 0.2) is 54.6 Å². The largest absolute Gasteiger partial charge is 0.372 e. The standard InChI is InChI=1S/C17H20FNO/c1-13(10-14-6-3-2-4-7-14)12-17(19,20)15-8-5-9-16(18)11-15/h2-9,11,13,20H,10,12,19H2,1H3/t13?,17-/m1/s1. The number of rotatable bonds is 5. The van der Waals surface area contributed by atoms with Gasteiger partial charge in [0.1, 0.15) is 11.5 Å². The van der Waals surface area contributed by atoms with E-state index in [0.29, 0.717) is 12.0 Å². The van der Waals surface area contributed by atoms with Crippen LogP contribution in [-0.2, 0) is 12.1 Å². The van der Waals surface area contributed by atoms with Crippen LogP contribution in [0.4, 0.5) is 4.39 Å². The summed E-state index contributed by atoms with van der Waals surface area (Å²) in [5.41, 5.74) is 6.06. The summed E-state index contributed by atoms with van der Waals surface area (Å²) in [6.07, 6.45) is 1.21. The van der Waals surface area contributed by atoms with Crippen molar-refractivity contribution in [3.63, 3.8) is 0 Å². The number of aliphatic hydroxyl groups is 1. The molecule has 20 heavy (non-hydrogen) atoms. The summed E-state index contributed by atoms with van der Waals surface area (Å²) in [7, 11) is 0. The predicted octanol–water partition coefficient (Wildman–Crippen LogP) is 3.20. The molecule has 106 valence electrons. The van der Waals surface area contributed by atoms with Gasteiger partial charge in [0.25, 0.3) is 0 Å². The molecule has 2 aromatic rings. The van der Waals surface area contributed by atoms with E-state index >= 15 is 0 Å².